The smallest absolute Gasteiger partial charge is 0.407 e. The summed E-state index contributed by atoms with van der Waals surface area (Å²) in [5, 5.41) is 6.88. The highest BCUT2D eigenvalue weighted by molar-refractivity contribution is 5.94. The number of nitrogens with zero attached hydrogens (tertiary/aromatic N) is 3. The van der Waals surface area contributed by atoms with E-state index in [1.807, 2.05) is 25.1 Å². The Bertz CT molecular complexity index is 911. The molecular formula is C21H29N5O4. The van der Waals surface area contributed by atoms with Crippen molar-refractivity contribution in [1.82, 2.24) is 15.5 Å². The maximum Gasteiger partial charge on any atom is 0.407 e. The third-order valence-electron chi connectivity index (χ3n) is 5.05. The molecule has 1 aliphatic heterocycles. The minimum absolute atomic E-state index is 0.00935. The fourth-order valence-electron chi connectivity index (χ4n) is 3.85. The second-order valence-electron chi connectivity index (χ2n) is 7.83. The van der Waals surface area contributed by atoms with Crippen LogP contribution in [0.4, 0.5) is 10.5 Å². The van der Waals surface area contributed by atoms with Crippen LogP contribution in [0.5, 0.6) is 0 Å². The van der Waals surface area contributed by atoms with Gasteiger partial charge < -0.3 is 25.2 Å². The standard InChI is InChI=1S/C21H29N5O4/c1-12(2)29-21(28)23-11-16-9-13(3)26(14(4)27)18-6-5-15(10-17(16)18)20-24-19(7-8-22)30-25-20/h5-6,10,12-13,16H,7-9,11,22H2,1-4H3,(H,23,28)/t13-,16-/m0/s1. The molecule has 0 radical (unpaired) electrons. The molecule has 1 aromatic carbocycles. The number of benzene rings is 1. The first-order valence-corrected chi connectivity index (χ1v) is 10.2. The first kappa shape index (κ1) is 21.8. The molecule has 162 valence electrons. The number of ether oxygens (including phenoxy) is 1. The second-order valence-corrected chi connectivity index (χ2v) is 7.83. The molecule has 9 heteroatoms. The molecule has 3 rings (SSSR count). The summed E-state index contributed by atoms with van der Waals surface area (Å²) in [4.78, 5) is 30.4. The molecule has 2 atom stereocenters. The molecule has 0 saturated heterocycles. The molecule has 3 N–H and O–H groups in total. The van der Waals surface area contributed by atoms with Crippen molar-refractivity contribution in [1.29, 1.82) is 0 Å². The summed E-state index contributed by atoms with van der Waals surface area (Å²) in [5.74, 6) is 0.951. The SMILES string of the molecule is CC(=O)N1c2ccc(-c3noc(CCN)n3)cc2[C@H](CNC(=O)OC(C)C)C[C@@H]1C. The molecule has 2 heterocycles. The summed E-state index contributed by atoms with van der Waals surface area (Å²) < 4.78 is 10.4. The molecule has 0 fully saturated rings. The van der Waals surface area contributed by atoms with Crippen LogP contribution in [0.3, 0.4) is 0 Å². The maximum absolute atomic E-state index is 12.3. The number of amides is 2. The highest BCUT2D eigenvalue weighted by Gasteiger charge is 2.33. The molecule has 0 saturated carbocycles. The number of anilines is 1. The van der Waals surface area contributed by atoms with Crippen LogP contribution in [0, 0.1) is 0 Å². The van der Waals surface area contributed by atoms with Gasteiger partial charge in [0.05, 0.1) is 6.10 Å². The molecule has 2 aromatic rings. The van der Waals surface area contributed by atoms with E-state index in [4.69, 9.17) is 15.0 Å². The lowest BCUT2D eigenvalue weighted by molar-refractivity contribution is -0.117. The average Bonchev–Trinajstić information content (AvgIpc) is 3.14. The lowest BCUT2D eigenvalue weighted by atomic mass is 9.85. The number of rotatable bonds is 6. The minimum atomic E-state index is -0.450. The van der Waals surface area contributed by atoms with E-state index >= 15 is 0 Å². The topological polar surface area (TPSA) is 124 Å². The van der Waals surface area contributed by atoms with E-state index in [0.717, 1.165) is 16.8 Å². The minimum Gasteiger partial charge on any atom is -0.447 e. The van der Waals surface area contributed by atoms with Crippen molar-refractivity contribution < 1.29 is 18.8 Å². The quantitative estimate of drug-likeness (QED) is 0.743. The van der Waals surface area contributed by atoms with E-state index in [1.165, 1.54) is 0 Å². The normalized spacial score (nSPS) is 18.3. The zero-order chi connectivity index (χ0) is 21.8. The number of nitrogens with two attached hydrogens (primary N) is 1. The third-order valence-corrected chi connectivity index (χ3v) is 5.05. The van der Waals surface area contributed by atoms with Gasteiger partial charge in [-0.15, -0.1) is 0 Å². The van der Waals surface area contributed by atoms with Gasteiger partial charge >= 0.3 is 6.09 Å². The predicted octanol–water partition coefficient (Wildman–Crippen LogP) is 2.60. The predicted molar refractivity (Wildman–Crippen MR) is 112 cm³/mol. The van der Waals surface area contributed by atoms with Crippen molar-refractivity contribution in [3.8, 4) is 11.4 Å². The summed E-state index contributed by atoms with van der Waals surface area (Å²) in [6.07, 6.45) is 0.582. The van der Waals surface area contributed by atoms with E-state index < -0.39 is 6.09 Å². The first-order valence-electron chi connectivity index (χ1n) is 10.2. The van der Waals surface area contributed by atoms with E-state index in [0.29, 0.717) is 37.6 Å². The fraction of sp³-hybridized carbons (Fsp3) is 0.524. The van der Waals surface area contributed by atoms with Crippen LogP contribution in [0.25, 0.3) is 11.4 Å². The largest absolute Gasteiger partial charge is 0.447 e. The first-order chi connectivity index (χ1) is 14.3. The van der Waals surface area contributed by atoms with Gasteiger partial charge in [0.1, 0.15) is 0 Å². The van der Waals surface area contributed by atoms with Gasteiger partial charge in [-0.3, -0.25) is 4.79 Å². The summed E-state index contributed by atoms with van der Waals surface area (Å²) in [6.45, 7) is 8.01. The molecule has 0 aliphatic carbocycles. The van der Waals surface area contributed by atoms with Crippen molar-refractivity contribution >= 4 is 17.7 Å². The zero-order valence-electron chi connectivity index (χ0n) is 17.8. The Morgan fingerprint density at radius 1 is 1.40 bits per heavy atom. The van der Waals surface area contributed by atoms with Gasteiger partial charge in [-0.05, 0) is 51.0 Å². The number of carbonyl (C=O) groups is 2. The molecule has 30 heavy (non-hydrogen) atoms. The van der Waals surface area contributed by atoms with E-state index in [9.17, 15) is 9.59 Å². The Morgan fingerprint density at radius 3 is 2.83 bits per heavy atom. The van der Waals surface area contributed by atoms with Crippen molar-refractivity contribution in [3.05, 3.63) is 29.7 Å². The van der Waals surface area contributed by atoms with E-state index in [2.05, 4.69) is 15.5 Å². The molecule has 0 spiro atoms. The van der Waals surface area contributed by atoms with Gasteiger partial charge in [-0.1, -0.05) is 5.16 Å². The number of hydrogen-bond donors (Lipinski definition) is 2. The van der Waals surface area contributed by atoms with Crippen LogP contribution >= 0.6 is 0 Å². The summed E-state index contributed by atoms with van der Waals surface area (Å²) in [6, 6.07) is 5.76. The number of carbonyl (C=O) groups excluding carboxylic acids is 2. The van der Waals surface area contributed by atoms with Crippen LogP contribution in [0.15, 0.2) is 22.7 Å². The molecule has 0 unspecified atom stereocenters. The summed E-state index contributed by atoms with van der Waals surface area (Å²) in [7, 11) is 0. The highest BCUT2D eigenvalue weighted by atomic mass is 16.6. The Morgan fingerprint density at radius 2 is 2.17 bits per heavy atom. The van der Waals surface area contributed by atoms with Crippen LogP contribution < -0.4 is 16.0 Å². The zero-order valence-corrected chi connectivity index (χ0v) is 17.8. The second kappa shape index (κ2) is 9.25. The lowest BCUT2D eigenvalue weighted by Crippen LogP contribution is -2.44. The molecular weight excluding hydrogens is 386 g/mol. The molecule has 1 aliphatic rings. The Labute approximate surface area is 175 Å². The number of alkyl carbamates (subject to hydrolysis) is 1. The van der Waals surface area contributed by atoms with E-state index in [1.54, 1.807) is 25.7 Å². The molecule has 2 amide bonds. The average molecular weight is 415 g/mol. The highest BCUT2D eigenvalue weighted by Crippen LogP contribution is 2.40. The fourth-order valence-corrected chi connectivity index (χ4v) is 3.85. The van der Waals surface area contributed by atoms with Crippen LogP contribution in [0.1, 0.15) is 51.5 Å². The van der Waals surface area contributed by atoms with Gasteiger partial charge in [0.25, 0.3) is 0 Å². The Hall–Kier alpha value is -2.94. The number of nitrogens with one attached hydrogen (secondary N) is 1. The van der Waals surface area contributed by atoms with Crippen molar-refractivity contribution in [2.24, 2.45) is 5.73 Å². The maximum atomic E-state index is 12.3. The number of aromatic nitrogens is 2. The number of hydrogen-bond acceptors (Lipinski definition) is 7. The monoisotopic (exact) mass is 415 g/mol. The lowest BCUT2D eigenvalue weighted by Gasteiger charge is -2.39. The molecule has 1 aromatic heterocycles. The van der Waals surface area contributed by atoms with Crippen molar-refractivity contribution in [2.75, 3.05) is 18.0 Å². The summed E-state index contributed by atoms with van der Waals surface area (Å²) >= 11 is 0. The van der Waals surface area contributed by atoms with Crippen molar-refractivity contribution in [3.63, 3.8) is 0 Å². The number of fused-ring (bicyclic) bond motifs is 1. The van der Waals surface area contributed by atoms with Crippen LogP contribution in [0.2, 0.25) is 0 Å². The van der Waals surface area contributed by atoms with Gasteiger partial charge in [-0.2, -0.15) is 4.98 Å². The third kappa shape index (κ3) is 4.79. The van der Waals surface area contributed by atoms with E-state index in [-0.39, 0.29) is 24.0 Å². The molecule has 9 nitrogen and oxygen atoms in total. The van der Waals surface area contributed by atoms with Gasteiger partial charge in [-0.25, -0.2) is 4.79 Å². The van der Waals surface area contributed by atoms with Crippen LogP contribution in [-0.2, 0) is 16.0 Å². The van der Waals surface area contributed by atoms with Crippen molar-refractivity contribution in [2.45, 2.75) is 58.6 Å². The Kier molecular flexibility index (Phi) is 6.71. The van der Waals surface area contributed by atoms with Gasteiger partial charge in [0, 0.05) is 49.6 Å². The summed E-state index contributed by atoms with van der Waals surface area (Å²) in [5.41, 5.74) is 8.13. The Balaban J connectivity index is 1.92. The van der Waals surface area contributed by atoms with Crippen LogP contribution in [-0.4, -0.2) is 47.4 Å². The van der Waals surface area contributed by atoms with Gasteiger partial charge in [0.15, 0.2) is 0 Å². The van der Waals surface area contributed by atoms with Gasteiger partial charge in [0.2, 0.25) is 17.6 Å². The molecule has 0 bridgehead atoms.